The standard InChI is InChI=1S/C31H32FN3O3S/c1-38-31(37)35-15-11-23-3-2-4-27(29(23)35)30(36)34-18-25(28(19-34)24-12-16-39-20-24)17-33-13-9-22(10-14-33)21-5-7-26(32)8-6-21/h2-8,11-12,15-16,20,22,25,28H,9-10,13-14,17-19H2,1H3. The Morgan fingerprint density at radius 3 is 2.51 bits per heavy atom. The molecule has 8 heteroatoms. The van der Waals surface area contributed by atoms with Crippen molar-refractivity contribution in [3.05, 3.63) is 94.1 Å². The Kier molecular flexibility index (Phi) is 7.23. The number of hydrogen-bond donors (Lipinski definition) is 0. The molecule has 39 heavy (non-hydrogen) atoms. The molecular formula is C31H32FN3O3S. The number of piperidine rings is 1. The van der Waals surface area contributed by atoms with Crippen LogP contribution >= 0.6 is 11.3 Å². The molecule has 2 atom stereocenters. The van der Waals surface area contributed by atoms with E-state index in [1.807, 2.05) is 35.2 Å². The van der Waals surface area contributed by atoms with Crippen molar-refractivity contribution in [2.75, 3.05) is 39.8 Å². The van der Waals surface area contributed by atoms with Gasteiger partial charge in [-0.25, -0.2) is 9.18 Å². The number of benzene rings is 2. The van der Waals surface area contributed by atoms with E-state index in [1.54, 1.807) is 35.7 Å². The van der Waals surface area contributed by atoms with Crippen LogP contribution in [0.1, 0.15) is 46.2 Å². The van der Waals surface area contributed by atoms with Gasteiger partial charge in [0.25, 0.3) is 5.91 Å². The third-order valence-corrected chi connectivity index (χ3v) is 9.14. The number of fused-ring (bicyclic) bond motifs is 1. The van der Waals surface area contributed by atoms with Crippen LogP contribution in [0.2, 0.25) is 0 Å². The summed E-state index contributed by atoms with van der Waals surface area (Å²) in [7, 11) is 1.34. The number of carbonyl (C=O) groups is 2. The van der Waals surface area contributed by atoms with Crippen LogP contribution in [-0.2, 0) is 4.74 Å². The van der Waals surface area contributed by atoms with Gasteiger partial charge in [0.2, 0.25) is 0 Å². The van der Waals surface area contributed by atoms with Crippen LogP contribution in [0.4, 0.5) is 9.18 Å². The number of ether oxygens (including phenoxy) is 1. The maximum Gasteiger partial charge on any atom is 0.418 e. The predicted molar refractivity (Wildman–Crippen MR) is 151 cm³/mol. The molecule has 4 aromatic rings. The molecule has 202 valence electrons. The summed E-state index contributed by atoms with van der Waals surface area (Å²) < 4.78 is 19.7. The van der Waals surface area contributed by atoms with Crippen LogP contribution in [0.25, 0.3) is 10.9 Å². The van der Waals surface area contributed by atoms with Crippen LogP contribution in [0.5, 0.6) is 0 Å². The van der Waals surface area contributed by atoms with Crippen molar-refractivity contribution in [1.82, 2.24) is 14.4 Å². The number of para-hydroxylation sites is 1. The van der Waals surface area contributed by atoms with E-state index in [1.165, 1.54) is 22.8 Å². The number of likely N-dealkylation sites (tertiary alicyclic amines) is 2. The number of thiophene rings is 1. The monoisotopic (exact) mass is 545 g/mol. The summed E-state index contributed by atoms with van der Waals surface area (Å²) in [4.78, 5) is 30.8. The van der Waals surface area contributed by atoms with Crippen LogP contribution in [0.15, 0.2) is 71.6 Å². The number of methoxy groups -OCH3 is 1. The summed E-state index contributed by atoms with van der Waals surface area (Å²) in [5.41, 5.74) is 3.62. The van der Waals surface area contributed by atoms with Crippen molar-refractivity contribution in [2.45, 2.75) is 24.7 Å². The van der Waals surface area contributed by atoms with E-state index >= 15 is 0 Å². The highest BCUT2D eigenvalue weighted by Crippen LogP contribution is 2.37. The van der Waals surface area contributed by atoms with Crippen LogP contribution in [-0.4, -0.2) is 66.2 Å². The summed E-state index contributed by atoms with van der Waals surface area (Å²) in [6.45, 7) is 4.25. The molecule has 2 fully saturated rings. The summed E-state index contributed by atoms with van der Waals surface area (Å²) in [5.74, 6) is 0.801. The van der Waals surface area contributed by atoms with Gasteiger partial charge in [0.15, 0.2) is 0 Å². The second-order valence-corrected chi connectivity index (χ2v) is 11.4. The minimum atomic E-state index is -0.510. The van der Waals surface area contributed by atoms with Crippen molar-refractivity contribution in [3.63, 3.8) is 0 Å². The summed E-state index contributed by atoms with van der Waals surface area (Å²) in [5, 5.41) is 5.14. The zero-order chi connectivity index (χ0) is 26.9. The second kappa shape index (κ2) is 10.9. The number of carbonyl (C=O) groups excluding carboxylic acids is 2. The molecule has 0 N–H and O–H groups in total. The Morgan fingerprint density at radius 1 is 1.00 bits per heavy atom. The molecule has 4 heterocycles. The van der Waals surface area contributed by atoms with E-state index in [4.69, 9.17) is 4.74 Å². The van der Waals surface area contributed by atoms with Crippen molar-refractivity contribution < 1.29 is 18.7 Å². The fourth-order valence-electron chi connectivity index (χ4n) is 6.39. The summed E-state index contributed by atoms with van der Waals surface area (Å²) >= 11 is 1.69. The number of nitrogens with zero attached hydrogens (tertiary/aromatic N) is 3. The largest absolute Gasteiger partial charge is 0.452 e. The van der Waals surface area contributed by atoms with Gasteiger partial charge in [0.1, 0.15) is 5.82 Å². The van der Waals surface area contributed by atoms with Gasteiger partial charge in [0.05, 0.1) is 18.2 Å². The molecule has 0 spiro atoms. The molecular weight excluding hydrogens is 513 g/mol. The first-order valence-electron chi connectivity index (χ1n) is 13.5. The van der Waals surface area contributed by atoms with E-state index in [0.29, 0.717) is 36.0 Å². The topological polar surface area (TPSA) is 54.8 Å². The second-order valence-electron chi connectivity index (χ2n) is 10.7. The van der Waals surface area contributed by atoms with Gasteiger partial charge in [-0.2, -0.15) is 11.3 Å². The lowest BCUT2D eigenvalue weighted by Crippen LogP contribution is -2.38. The number of aromatic nitrogens is 1. The highest BCUT2D eigenvalue weighted by atomic mass is 32.1. The van der Waals surface area contributed by atoms with E-state index in [-0.39, 0.29) is 17.6 Å². The Bertz CT molecular complexity index is 1460. The van der Waals surface area contributed by atoms with E-state index in [2.05, 4.69) is 21.7 Å². The highest BCUT2D eigenvalue weighted by molar-refractivity contribution is 7.08. The molecule has 6 rings (SSSR count). The van der Waals surface area contributed by atoms with Gasteiger partial charge >= 0.3 is 6.09 Å². The molecule has 2 saturated heterocycles. The Morgan fingerprint density at radius 2 is 1.79 bits per heavy atom. The van der Waals surface area contributed by atoms with E-state index in [0.717, 1.165) is 37.9 Å². The highest BCUT2D eigenvalue weighted by Gasteiger charge is 2.38. The molecule has 1 amide bonds. The first-order chi connectivity index (χ1) is 19.0. The molecule has 2 aromatic carbocycles. The summed E-state index contributed by atoms with van der Waals surface area (Å²) in [6.07, 6.45) is 3.25. The average Bonchev–Trinajstić information content (AvgIpc) is 3.73. The quantitative estimate of drug-likeness (QED) is 0.300. The minimum absolute atomic E-state index is 0.0535. The maximum atomic E-state index is 13.9. The van der Waals surface area contributed by atoms with Gasteiger partial charge in [-0.1, -0.05) is 24.3 Å². The third-order valence-electron chi connectivity index (χ3n) is 8.43. The fraction of sp³-hybridized carbons (Fsp3) is 0.355. The lowest BCUT2D eigenvalue weighted by Gasteiger charge is -2.34. The number of halogens is 1. The van der Waals surface area contributed by atoms with Crippen molar-refractivity contribution in [2.24, 2.45) is 5.92 Å². The van der Waals surface area contributed by atoms with Gasteiger partial charge in [-0.3, -0.25) is 9.36 Å². The number of hydrogen-bond acceptors (Lipinski definition) is 5. The Hall–Kier alpha value is -3.49. The first-order valence-corrected chi connectivity index (χ1v) is 14.4. The maximum absolute atomic E-state index is 13.9. The van der Waals surface area contributed by atoms with Crippen LogP contribution < -0.4 is 0 Å². The normalized spacial score (nSPS) is 20.5. The molecule has 0 radical (unpaired) electrons. The average molecular weight is 546 g/mol. The van der Waals surface area contributed by atoms with Crippen molar-refractivity contribution >= 4 is 34.2 Å². The Balaban J connectivity index is 1.19. The zero-order valence-electron chi connectivity index (χ0n) is 22.0. The Labute approximate surface area is 231 Å². The molecule has 2 aliphatic heterocycles. The molecule has 0 aliphatic carbocycles. The van der Waals surface area contributed by atoms with Crippen LogP contribution in [0, 0.1) is 11.7 Å². The van der Waals surface area contributed by atoms with Crippen LogP contribution in [0.3, 0.4) is 0 Å². The molecule has 2 aromatic heterocycles. The molecule has 0 bridgehead atoms. The smallest absolute Gasteiger partial charge is 0.418 e. The predicted octanol–water partition coefficient (Wildman–Crippen LogP) is 6.19. The lowest BCUT2D eigenvalue weighted by molar-refractivity contribution is 0.0783. The van der Waals surface area contributed by atoms with Gasteiger partial charge in [0, 0.05) is 37.1 Å². The van der Waals surface area contributed by atoms with Gasteiger partial charge in [-0.05, 0) is 90.0 Å². The van der Waals surface area contributed by atoms with E-state index in [9.17, 15) is 14.0 Å². The van der Waals surface area contributed by atoms with Gasteiger partial charge < -0.3 is 14.5 Å². The number of rotatable bonds is 5. The van der Waals surface area contributed by atoms with Gasteiger partial charge in [-0.15, -0.1) is 0 Å². The molecule has 6 nitrogen and oxygen atoms in total. The SMILES string of the molecule is COC(=O)n1ccc2cccc(C(=O)N3CC(CN4CCC(c5ccc(F)cc5)CC4)C(c4ccsc4)C3)c21. The van der Waals surface area contributed by atoms with Crippen molar-refractivity contribution in [3.8, 4) is 0 Å². The zero-order valence-corrected chi connectivity index (χ0v) is 22.8. The fourth-order valence-corrected chi connectivity index (χ4v) is 7.11. The minimum Gasteiger partial charge on any atom is -0.452 e. The summed E-state index contributed by atoms with van der Waals surface area (Å²) in [6, 6.07) is 16.5. The number of amides is 1. The lowest BCUT2D eigenvalue weighted by atomic mass is 9.87. The molecule has 2 aliphatic rings. The van der Waals surface area contributed by atoms with Crippen molar-refractivity contribution in [1.29, 1.82) is 0 Å². The van der Waals surface area contributed by atoms with E-state index < -0.39 is 6.09 Å². The molecule has 2 unspecified atom stereocenters. The molecule has 0 saturated carbocycles. The third kappa shape index (κ3) is 5.11. The first kappa shape index (κ1) is 25.8.